The fourth-order valence-electron chi connectivity index (χ4n) is 4.36. The number of nitrogens with zero attached hydrogens (tertiary/aromatic N) is 4. The molecule has 1 aliphatic heterocycles. The van der Waals surface area contributed by atoms with Crippen molar-refractivity contribution in [3.63, 3.8) is 0 Å². The number of carboxylic acids is 1. The Morgan fingerprint density at radius 2 is 1.81 bits per heavy atom. The summed E-state index contributed by atoms with van der Waals surface area (Å²) < 4.78 is 8.15. The maximum absolute atomic E-state index is 11.1. The minimum absolute atomic E-state index is 0.198. The third kappa shape index (κ3) is 4.92. The van der Waals surface area contributed by atoms with E-state index in [0.717, 1.165) is 18.5 Å². The fourth-order valence-corrected chi connectivity index (χ4v) is 4.56. The topological polar surface area (TPSA) is 102 Å². The number of hydrogen-bond acceptors (Lipinski definition) is 6. The summed E-state index contributed by atoms with van der Waals surface area (Å²) in [6.45, 7) is 8.43. The number of anilines is 2. The molecular weight excluding hydrogens is 430 g/mol. The van der Waals surface area contributed by atoms with Gasteiger partial charge < -0.3 is 15.2 Å². The number of aromatic carboxylic acids is 1. The highest BCUT2D eigenvalue weighted by atomic mass is 35.5. The summed E-state index contributed by atoms with van der Waals surface area (Å²) in [6, 6.07) is 6.61. The van der Waals surface area contributed by atoms with E-state index in [1.807, 2.05) is 10.9 Å². The van der Waals surface area contributed by atoms with Crippen LogP contribution in [0.15, 0.2) is 42.9 Å². The van der Waals surface area contributed by atoms with Crippen molar-refractivity contribution in [2.75, 3.05) is 5.32 Å². The first-order valence-electron chi connectivity index (χ1n) is 10.4. The fraction of sp³-hybridized carbons (Fsp3) is 0.391. The standard InChI is InChI=1S/C23H26ClN5O3/c1-22(2)9-17(10-23(3,4)32-22)29-13-16(11-26-29)27-21-25-12-18(24)19(28-21)14-5-7-15(8-6-14)20(30)31/h5-8,11-13,17H,9-10H2,1-4H3,(H,30,31)(H,25,27,28). The van der Waals surface area contributed by atoms with Crippen LogP contribution in [0.3, 0.4) is 0 Å². The summed E-state index contributed by atoms with van der Waals surface area (Å²) in [4.78, 5) is 19.9. The minimum atomic E-state index is -0.985. The van der Waals surface area contributed by atoms with E-state index in [-0.39, 0.29) is 22.8 Å². The number of halogens is 1. The summed E-state index contributed by atoms with van der Waals surface area (Å²) in [5, 5.41) is 17.2. The van der Waals surface area contributed by atoms with Gasteiger partial charge in [0.25, 0.3) is 0 Å². The molecule has 168 valence electrons. The van der Waals surface area contributed by atoms with Crippen LogP contribution in [0.25, 0.3) is 11.3 Å². The summed E-state index contributed by atoms with van der Waals surface area (Å²) >= 11 is 6.30. The van der Waals surface area contributed by atoms with Crippen molar-refractivity contribution in [3.05, 3.63) is 53.4 Å². The second kappa shape index (κ2) is 8.18. The summed E-state index contributed by atoms with van der Waals surface area (Å²) in [5.41, 5.74) is 1.73. The number of hydrogen-bond donors (Lipinski definition) is 2. The van der Waals surface area contributed by atoms with E-state index in [1.165, 1.54) is 18.3 Å². The lowest BCUT2D eigenvalue weighted by Crippen LogP contribution is -2.45. The van der Waals surface area contributed by atoms with Crippen LogP contribution in [0.4, 0.5) is 11.6 Å². The van der Waals surface area contributed by atoms with Crippen LogP contribution in [-0.2, 0) is 4.74 Å². The molecule has 1 saturated heterocycles. The van der Waals surface area contributed by atoms with E-state index in [0.29, 0.717) is 22.2 Å². The van der Waals surface area contributed by atoms with Crippen molar-refractivity contribution in [2.45, 2.75) is 57.8 Å². The van der Waals surface area contributed by atoms with Gasteiger partial charge in [-0.3, -0.25) is 4.68 Å². The number of ether oxygens (including phenoxy) is 1. The van der Waals surface area contributed by atoms with Gasteiger partial charge in [0.1, 0.15) is 0 Å². The monoisotopic (exact) mass is 455 g/mol. The van der Waals surface area contributed by atoms with E-state index >= 15 is 0 Å². The van der Waals surface area contributed by atoms with Crippen molar-refractivity contribution in [1.29, 1.82) is 0 Å². The molecule has 3 heterocycles. The largest absolute Gasteiger partial charge is 0.478 e. The Bertz CT molecular complexity index is 1120. The van der Waals surface area contributed by atoms with E-state index < -0.39 is 5.97 Å². The molecule has 9 heteroatoms. The van der Waals surface area contributed by atoms with Crippen LogP contribution in [0.5, 0.6) is 0 Å². The molecule has 0 bridgehead atoms. The van der Waals surface area contributed by atoms with Gasteiger partial charge in [0.2, 0.25) is 5.95 Å². The van der Waals surface area contributed by atoms with Gasteiger partial charge in [-0.2, -0.15) is 5.10 Å². The predicted octanol–water partition coefficient (Wildman–Crippen LogP) is 5.34. The zero-order chi connectivity index (χ0) is 23.1. The highest BCUT2D eigenvalue weighted by Gasteiger charge is 2.40. The van der Waals surface area contributed by atoms with Crippen molar-refractivity contribution in [2.24, 2.45) is 0 Å². The van der Waals surface area contributed by atoms with Gasteiger partial charge >= 0.3 is 5.97 Å². The normalized spacial score (nSPS) is 17.8. The number of benzene rings is 1. The average Bonchev–Trinajstić information content (AvgIpc) is 3.16. The Hall–Kier alpha value is -2.97. The van der Waals surface area contributed by atoms with Crippen molar-refractivity contribution >= 4 is 29.2 Å². The van der Waals surface area contributed by atoms with Crippen LogP contribution in [0, 0.1) is 0 Å². The second-order valence-electron chi connectivity index (χ2n) is 9.29. The van der Waals surface area contributed by atoms with Crippen LogP contribution in [0.2, 0.25) is 5.02 Å². The van der Waals surface area contributed by atoms with Gasteiger partial charge in [-0.15, -0.1) is 0 Å². The van der Waals surface area contributed by atoms with Crippen molar-refractivity contribution in [1.82, 2.24) is 19.7 Å². The maximum atomic E-state index is 11.1. The lowest BCUT2D eigenvalue weighted by Gasteiger charge is -2.45. The van der Waals surface area contributed by atoms with E-state index in [1.54, 1.807) is 18.3 Å². The third-order valence-corrected chi connectivity index (χ3v) is 5.66. The lowest BCUT2D eigenvalue weighted by molar-refractivity contribution is -0.170. The molecule has 2 aromatic heterocycles. The smallest absolute Gasteiger partial charge is 0.335 e. The zero-order valence-electron chi connectivity index (χ0n) is 18.5. The first-order chi connectivity index (χ1) is 15.0. The van der Waals surface area contributed by atoms with Gasteiger partial charge in [-0.25, -0.2) is 14.8 Å². The summed E-state index contributed by atoms with van der Waals surface area (Å²) in [7, 11) is 0. The third-order valence-electron chi connectivity index (χ3n) is 5.39. The molecule has 1 fully saturated rings. The van der Waals surface area contributed by atoms with Gasteiger partial charge in [0.05, 0.1) is 51.6 Å². The molecule has 32 heavy (non-hydrogen) atoms. The molecule has 0 amide bonds. The Morgan fingerprint density at radius 3 is 2.44 bits per heavy atom. The molecule has 0 saturated carbocycles. The number of carboxylic acid groups (broad SMARTS) is 1. The molecule has 0 spiro atoms. The van der Waals surface area contributed by atoms with Crippen molar-refractivity contribution < 1.29 is 14.6 Å². The van der Waals surface area contributed by atoms with Gasteiger partial charge in [0, 0.05) is 11.8 Å². The van der Waals surface area contributed by atoms with Gasteiger partial charge in [0.15, 0.2) is 0 Å². The van der Waals surface area contributed by atoms with Crippen LogP contribution in [-0.4, -0.2) is 42.0 Å². The number of carbonyl (C=O) groups is 1. The SMILES string of the molecule is CC1(C)CC(n2cc(Nc3ncc(Cl)c(-c4ccc(C(=O)O)cc4)n3)cn2)CC(C)(C)O1. The zero-order valence-corrected chi connectivity index (χ0v) is 19.2. The second-order valence-corrected chi connectivity index (χ2v) is 9.70. The highest BCUT2D eigenvalue weighted by molar-refractivity contribution is 6.32. The molecule has 3 aromatic rings. The number of aromatic nitrogens is 4. The minimum Gasteiger partial charge on any atom is -0.478 e. The Balaban J connectivity index is 1.54. The molecule has 8 nitrogen and oxygen atoms in total. The Kier molecular flexibility index (Phi) is 5.68. The predicted molar refractivity (Wildman–Crippen MR) is 122 cm³/mol. The van der Waals surface area contributed by atoms with Crippen LogP contribution < -0.4 is 5.32 Å². The number of rotatable bonds is 5. The quantitative estimate of drug-likeness (QED) is 0.535. The molecule has 4 rings (SSSR count). The lowest BCUT2D eigenvalue weighted by atomic mass is 9.85. The summed E-state index contributed by atoms with van der Waals surface area (Å²) in [5.74, 6) is -0.611. The Labute approximate surface area is 191 Å². The van der Waals surface area contributed by atoms with Gasteiger partial charge in [-0.05, 0) is 52.7 Å². The number of nitrogens with one attached hydrogen (secondary N) is 1. The molecule has 0 aliphatic carbocycles. The first-order valence-corrected chi connectivity index (χ1v) is 10.8. The van der Waals surface area contributed by atoms with Gasteiger partial charge in [-0.1, -0.05) is 23.7 Å². The average molecular weight is 456 g/mol. The van der Waals surface area contributed by atoms with Crippen molar-refractivity contribution in [3.8, 4) is 11.3 Å². The molecule has 0 radical (unpaired) electrons. The Morgan fingerprint density at radius 1 is 1.16 bits per heavy atom. The molecule has 1 aliphatic rings. The molecule has 0 atom stereocenters. The maximum Gasteiger partial charge on any atom is 0.335 e. The molecular formula is C23H26ClN5O3. The molecule has 0 unspecified atom stereocenters. The molecule has 2 N–H and O–H groups in total. The summed E-state index contributed by atoms with van der Waals surface area (Å²) in [6.07, 6.45) is 6.94. The van der Waals surface area contributed by atoms with Crippen LogP contribution in [0.1, 0.15) is 56.9 Å². The van der Waals surface area contributed by atoms with Crippen LogP contribution >= 0.6 is 11.6 Å². The van der Waals surface area contributed by atoms with E-state index in [4.69, 9.17) is 21.4 Å². The molecule has 1 aromatic carbocycles. The van der Waals surface area contributed by atoms with E-state index in [2.05, 4.69) is 48.1 Å². The first kappa shape index (κ1) is 22.2. The highest BCUT2D eigenvalue weighted by Crippen LogP contribution is 2.40. The van der Waals surface area contributed by atoms with E-state index in [9.17, 15) is 4.79 Å².